The van der Waals surface area contributed by atoms with Gasteiger partial charge in [0.1, 0.15) is 6.33 Å². The summed E-state index contributed by atoms with van der Waals surface area (Å²) < 4.78 is 2.20. The Labute approximate surface area is 113 Å². The van der Waals surface area contributed by atoms with E-state index in [1.165, 1.54) is 25.7 Å². The third kappa shape index (κ3) is 2.67. The van der Waals surface area contributed by atoms with Crippen molar-refractivity contribution in [3.8, 4) is 0 Å². The summed E-state index contributed by atoms with van der Waals surface area (Å²) in [5, 5.41) is 8.23. The molecule has 0 radical (unpaired) electrons. The Kier molecular flexibility index (Phi) is 3.31. The van der Waals surface area contributed by atoms with Gasteiger partial charge in [0.25, 0.3) is 0 Å². The summed E-state index contributed by atoms with van der Waals surface area (Å²) in [6, 6.07) is 8.38. The fraction of sp³-hybridized carbons (Fsp3) is 0.333. The highest BCUT2D eigenvalue weighted by molar-refractivity contribution is 5.67. The number of aromatic nitrogens is 3. The van der Waals surface area contributed by atoms with Crippen molar-refractivity contribution in [3.63, 3.8) is 0 Å². The molecular formula is C15H18N4. The molecule has 0 amide bonds. The Morgan fingerprint density at radius 3 is 2.58 bits per heavy atom. The van der Waals surface area contributed by atoms with E-state index >= 15 is 0 Å². The minimum atomic E-state index is 0.570. The van der Waals surface area contributed by atoms with E-state index in [9.17, 15) is 0 Å². The van der Waals surface area contributed by atoms with E-state index in [1.807, 2.05) is 36.7 Å². The van der Waals surface area contributed by atoms with Crippen LogP contribution in [0, 0.1) is 0 Å². The predicted octanol–water partition coefficient (Wildman–Crippen LogP) is 3.15. The van der Waals surface area contributed by atoms with E-state index in [2.05, 4.69) is 20.8 Å². The van der Waals surface area contributed by atoms with Crippen molar-refractivity contribution in [2.45, 2.75) is 31.7 Å². The number of nitrogen functional groups attached to an aromatic ring is 1. The molecular weight excluding hydrogens is 236 g/mol. The normalized spacial score (nSPS) is 16.4. The molecule has 1 aliphatic carbocycles. The van der Waals surface area contributed by atoms with Gasteiger partial charge < -0.3 is 10.3 Å². The van der Waals surface area contributed by atoms with Crippen molar-refractivity contribution in [2.75, 3.05) is 5.73 Å². The maximum absolute atomic E-state index is 5.67. The Hall–Kier alpha value is -2.10. The average molecular weight is 254 g/mol. The maximum atomic E-state index is 5.67. The van der Waals surface area contributed by atoms with Crippen molar-refractivity contribution in [1.82, 2.24) is 14.8 Å². The second-order valence-corrected chi connectivity index (χ2v) is 5.03. The topological polar surface area (TPSA) is 56.7 Å². The first-order valence-electron chi connectivity index (χ1n) is 6.76. The zero-order chi connectivity index (χ0) is 13.1. The van der Waals surface area contributed by atoms with Gasteiger partial charge in [-0.1, -0.05) is 31.1 Å². The molecule has 0 atom stereocenters. The van der Waals surface area contributed by atoms with E-state index in [0.29, 0.717) is 6.04 Å². The summed E-state index contributed by atoms with van der Waals surface area (Å²) in [7, 11) is 0. The molecule has 0 saturated heterocycles. The Morgan fingerprint density at radius 1 is 1.11 bits per heavy atom. The summed E-state index contributed by atoms with van der Waals surface area (Å²) in [6.45, 7) is 0. The minimum Gasteiger partial charge on any atom is -0.399 e. The molecule has 4 heteroatoms. The van der Waals surface area contributed by atoms with Crippen LogP contribution in [0.25, 0.3) is 12.2 Å². The van der Waals surface area contributed by atoms with E-state index < -0.39 is 0 Å². The van der Waals surface area contributed by atoms with E-state index in [-0.39, 0.29) is 0 Å². The van der Waals surface area contributed by atoms with Gasteiger partial charge in [0, 0.05) is 11.7 Å². The Balaban J connectivity index is 1.79. The van der Waals surface area contributed by atoms with Gasteiger partial charge in [-0.3, -0.25) is 0 Å². The second kappa shape index (κ2) is 5.26. The summed E-state index contributed by atoms with van der Waals surface area (Å²) in [5.74, 6) is 0.934. The van der Waals surface area contributed by atoms with Crippen molar-refractivity contribution in [1.29, 1.82) is 0 Å². The molecule has 1 saturated carbocycles. The fourth-order valence-corrected chi connectivity index (χ4v) is 2.61. The summed E-state index contributed by atoms with van der Waals surface area (Å²) in [5.41, 5.74) is 7.58. The molecule has 1 heterocycles. The van der Waals surface area contributed by atoms with Crippen LogP contribution < -0.4 is 5.73 Å². The minimum absolute atomic E-state index is 0.570. The first-order valence-corrected chi connectivity index (χ1v) is 6.76. The number of hydrogen-bond donors (Lipinski definition) is 1. The lowest BCUT2D eigenvalue weighted by Crippen LogP contribution is -2.05. The van der Waals surface area contributed by atoms with Crippen LogP contribution in [0.15, 0.2) is 30.6 Å². The highest BCUT2D eigenvalue weighted by Crippen LogP contribution is 2.30. The van der Waals surface area contributed by atoms with Crippen LogP contribution in [0.4, 0.5) is 5.69 Å². The van der Waals surface area contributed by atoms with Gasteiger partial charge in [0.2, 0.25) is 0 Å². The van der Waals surface area contributed by atoms with Crippen molar-refractivity contribution in [3.05, 3.63) is 42.0 Å². The van der Waals surface area contributed by atoms with Gasteiger partial charge in [-0.15, -0.1) is 10.2 Å². The monoisotopic (exact) mass is 254 g/mol. The highest BCUT2D eigenvalue weighted by Gasteiger charge is 2.18. The molecule has 0 spiro atoms. The van der Waals surface area contributed by atoms with Gasteiger partial charge in [-0.05, 0) is 36.6 Å². The molecule has 1 fully saturated rings. The molecule has 1 aromatic carbocycles. The summed E-state index contributed by atoms with van der Waals surface area (Å²) in [6.07, 6.45) is 11.0. The van der Waals surface area contributed by atoms with Crippen LogP contribution in [0.1, 0.15) is 43.1 Å². The van der Waals surface area contributed by atoms with E-state index in [4.69, 9.17) is 5.73 Å². The van der Waals surface area contributed by atoms with Crippen LogP contribution in [-0.4, -0.2) is 14.8 Å². The van der Waals surface area contributed by atoms with Crippen molar-refractivity contribution in [2.24, 2.45) is 0 Å². The molecule has 2 aromatic rings. The third-order valence-corrected chi connectivity index (χ3v) is 3.68. The summed E-state index contributed by atoms with van der Waals surface area (Å²) in [4.78, 5) is 0. The van der Waals surface area contributed by atoms with Gasteiger partial charge in [-0.2, -0.15) is 0 Å². The number of benzene rings is 1. The SMILES string of the molecule is Nc1ccc(/C=C/c2nncn2C2CCCC2)cc1. The molecule has 0 unspecified atom stereocenters. The molecule has 4 nitrogen and oxygen atoms in total. The third-order valence-electron chi connectivity index (χ3n) is 3.68. The number of hydrogen-bond acceptors (Lipinski definition) is 3. The smallest absolute Gasteiger partial charge is 0.156 e. The lowest BCUT2D eigenvalue weighted by molar-refractivity contribution is 0.513. The molecule has 1 aliphatic rings. The first kappa shape index (κ1) is 12.0. The van der Waals surface area contributed by atoms with Crippen LogP contribution in [0.3, 0.4) is 0 Å². The fourth-order valence-electron chi connectivity index (χ4n) is 2.61. The average Bonchev–Trinajstić information content (AvgIpc) is 3.08. The van der Waals surface area contributed by atoms with Gasteiger partial charge in [-0.25, -0.2) is 0 Å². The van der Waals surface area contributed by atoms with Gasteiger partial charge >= 0.3 is 0 Å². The van der Waals surface area contributed by atoms with Gasteiger partial charge in [0.15, 0.2) is 5.82 Å². The van der Waals surface area contributed by atoms with Crippen molar-refractivity contribution >= 4 is 17.8 Å². The molecule has 19 heavy (non-hydrogen) atoms. The zero-order valence-electron chi connectivity index (χ0n) is 10.9. The molecule has 0 aliphatic heterocycles. The lowest BCUT2D eigenvalue weighted by atomic mass is 10.2. The molecule has 2 N–H and O–H groups in total. The quantitative estimate of drug-likeness (QED) is 0.856. The van der Waals surface area contributed by atoms with Crippen molar-refractivity contribution < 1.29 is 0 Å². The molecule has 98 valence electrons. The Bertz CT molecular complexity index is 562. The largest absolute Gasteiger partial charge is 0.399 e. The molecule has 1 aromatic heterocycles. The van der Waals surface area contributed by atoms with Gasteiger partial charge in [0.05, 0.1) is 0 Å². The predicted molar refractivity (Wildman–Crippen MR) is 77.3 cm³/mol. The highest BCUT2D eigenvalue weighted by atomic mass is 15.3. The van der Waals surface area contributed by atoms with E-state index in [1.54, 1.807) is 0 Å². The number of nitrogens with two attached hydrogens (primary N) is 1. The van der Waals surface area contributed by atoms with Crippen LogP contribution in [-0.2, 0) is 0 Å². The van der Waals surface area contributed by atoms with Crippen LogP contribution >= 0.6 is 0 Å². The molecule has 3 rings (SSSR count). The van der Waals surface area contributed by atoms with Crippen LogP contribution in [0.5, 0.6) is 0 Å². The zero-order valence-corrected chi connectivity index (χ0v) is 10.9. The van der Waals surface area contributed by atoms with Crippen LogP contribution in [0.2, 0.25) is 0 Å². The number of rotatable bonds is 3. The first-order chi connectivity index (χ1) is 9.33. The lowest BCUT2D eigenvalue weighted by Gasteiger charge is -2.11. The molecule has 0 bridgehead atoms. The Morgan fingerprint density at radius 2 is 1.84 bits per heavy atom. The standard InChI is InChI=1S/C15H18N4/c16-13-8-5-12(6-9-13)7-10-15-18-17-11-19(15)14-3-1-2-4-14/h5-11,14H,1-4,16H2/b10-7+. The summed E-state index contributed by atoms with van der Waals surface area (Å²) >= 11 is 0. The van der Waals surface area contributed by atoms with E-state index in [0.717, 1.165) is 17.1 Å². The number of anilines is 1. The number of nitrogens with zero attached hydrogens (tertiary/aromatic N) is 3. The maximum Gasteiger partial charge on any atom is 0.156 e. The second-order valence-electron chi connectivity index (χ2n) is 5.03.